The average molecular weight is 206 g/mol. The molecule has 0 aliphatic rings. The molecule has 80 valence electrons. The van der Waals surface area contributed by atoms with E-state index in [2.05, 4.69) is 11.4 Å². The smallest absolute Gasteiger partial charge is 0.178 e. The van der Waals surface area contributed by atoms with Gasteiger partial charge in [0.1, 0.15) is 12.7 Å². The van der Waals surface area contributed by atoms with Gasteiger partial charge in [0.05, 0.1) is 12.7 Å². The summed E-state index contributed by atoms with van der Waals surface area (Å²) in [5.74, 6) is 1.10. The molecule has 0 aromatic heterocycles. The van der Waals surface area contributed by atoms with E-state index in [4.69, 9.17) is 14.7 Å². The van der Waals surface area contributed by atoms with Gasteiger partial charge in [0.2, 0.25) is 0 Å². The van der Waals surface area contributed by atoms with Crippen LogP contribution in [-0.4, -0.2) is 27.3 Å². The Labute approximate surface area is 89.4 Å². The Bertz CT molecular complexity index is 358. The lowest BCUT2D eigenvalue weighted by Gasteiger charge is -2.11. The molecule has 0 aliphatic heterocycles. The van der Waals surface area contributed by atoms with Crippen molar-refractivity contribution in [1.82, 2.24) is 5.32 Å². The minimum atomic E-state index is 0.491. The van der Waals surface area contributed by atoms with Crippen LogP contribution in [0.5, 0.6) is 11.5 Å². The third-order valence-electron chi connectivity index (χ3n) is 1.92. The Morgan fingerprint density at radius 3 is 2.87 bits per heavy atom. The predicted octanol–water partition coefficient (Wildman–Crippen LogP) is 1.17. The van der Waals surface area contributed by atoms with E-state index in [-0.39, 0.29) is 0 Å². The van der Waals surface area contributed by atoms with Crippen LogP contribution < -0.4 is 14.8 Å². The molecule has 0 fully saturated rings. The minimum absolute atomic E-state index is 0.491. The van der Waals surface area contributed by atoms with Gasteiger partial charge in [-0.25, -0.2) is 0 Å². The maximum absolute atomic E-state index is 8.89. The third kappa shape index (κ3) is 2.86. The van der Waals surface area contributed by atoms with Gasteiger partial charge < -0.3 is 14.8 Å². The van der Waals surface area contributed by atoms with Crippen molar-refractivity contribution >= 4 is 0 Å². The van der Waals surface area contributed by atoms with Crippen LogP contribution in [0.3, 0.4) is 0 Å². The topological polar surface area (TPSA) is 54.3 Å². The van der Waals surface area contributed by atoms with E-state index in [1.54, 1.807) is 25.3 Å². The van der Waals surface area contributed by atoms with E-state index in [1.165, 1.54) is 0 Å². The number of hydrogen-bond acceptors (Lipinski definition) is 4. The highest BCUT2D eigenvalue weighted by molar-refractivity contribution is 5.52. The molecule has 0 aliphatic carbocycles. The standard InChI is InChI=1S/C11H14N2O2/c1-13-6-7-15-11-9(8-12)4-3-5-10(11)14-2/h3-5,13H,6-7H2,1-2H3. The fourth-order valence-electron chi connectivity index (χ4n) is 1.17. The molecule has 0 heterocycles. The maximum Gasteiger partial charge on any atom is 0.178 e. The van der Waals surface area contributed by atoms with Crippen LogP contribution in [0.15, 0.2) is 18.2 Å². The lowest BCUT2D eigenvalue weighted by molar-refractivity contribution is 0.294. The number of nitriles is 1. The van der Waals surface area contributed by atoms with Crippen LogP contribution in [0, 0.1) is 11.3 Å². The highest BCUT2D eigenvalue weighted by Gasteiger charge is 2.09. The van der Waals surface area contributed by atoms with E-state index in [0.29, 0.717) is 23.7 Å². The number of hydrogen-bond donors (Lipinski definition) is 1. The zero-order chi connectivity index (χ0) is 11.1. The van der Waals surface area contributed by atoms with Gasteiger partial charge in [0.15, 0.2) is 11.5 Å². The van der Waals surface area contributed by atoms with E-state index in [0.717, 1.165) is 6.54 Å². The Balaban J connectivity index is 2.86. The quantitative estimate of drug-likeness (QED) is 0.735. The van der Waals surface area contributed by atoms with Crippen LogP contribution in [-0.2, 0) is 0 Å². The number of likely N-dealkylation sites (N-methyl/N-ethyl adjacent to an activating group) is 1. The first-order valence-electron chi connectivity index (χ1n) is 4.68. The second-order valence-electron chi connectivity index (χ2n) is 2.90. The highest BCUT2D eigenvalue weighted by Crippen LogP contribution is 2.30. The van der Waals surface area contributed by atoms with E-state index in [1.807, 2.05) is 7.05 Å². The first kappa shape index (κ1) is 11.3. The third-order valence-corrected chi connectivity index (χ3v) is 1.92. The van der Waals surface area contributed by atoms with Gasteiger partial charge in [-0.15, -0.1) is 0 Å². The molecule has 1 aromatic rings. The minimum Gasteiger partial charge on any atom is -0.493 e. The van der Waals surface area contributed by atoms with Crippen molar-refractivity contribution in [1.29, 1.82) is 5.26 Å². The SMILES string of the molecule is CNCCOc1c(C#N)cccc1OC. The second-order valence-corrected chi connectivity index (χ2v) is 2.90. The van der Waals surface area contributed by atoms with Crippen molar-refractivity contribution in [3.05, 3.63) is 23.8 Å². The summed E-state index contributed by atoms with van der Waals surface area (Å²) in [5, 5.41) is 11.9. The van der Waals surface area contributed by atoms with Crippen LogP contribution in [0.2, 0.25) is 0 Å². The lowest BCUT2D eigenvalue weighted by atomic mass is 10.2. The molecule has 0 amide bonds. The van der Waals surface area contributed by atoms with E-state index >= 15 is 0 Å². The molecular formula is C11H14N2O2. The van der Waals surface area contributed by atoms with Gasteiger partial charge in [0.25, 0.3) is 0 Å². The summed E-state index contributed by atoms with van der Waals surface area (Å²) in [5.41, 5.74) is 0.491. The van der Waals surface area contributed by atoms with Gasteiger partial charge in [-0.1, -0.05) is 6.07 Å². The van der Waals surface area contributed by atoms with Crippen LogP contribution in [0.4, 0.5) is 0 Å². The fourth-order valence-corrected chi connectivity index (χ4v) is 1.17. The summed E-state index contributed by atoms with van der Waals surface area (Å²) in [7, 11) is 3.40. The maximum atomic E-state index is 8.89. The number of methoxy groups -OCH3 is 1. The fraction of sp³-hybridized carbons (Fsp3) is 0.364. The van der Waals surface area contributed by atoms with Crippen molar-refractivity contribution in [2.24, 2.45) is 0 Å². The predicted molar refractivity (Wildman–Crippen MR) is 57.1 cm³/mol. The molecule has 1 aromatic carbocycles. The molecule has 1 rings (SSSR count). The van der Waals surface area contributed by atoms with Gasteiger partial charge in [-0.3, -0.25) is 0 Å². The first-order valence-corrected chi connectivity index (χ1v) is 4.68. The summed E-state index contributed by atoms with van der Waals surface area (Å²) in [6.07, 6.45) is 0. The van der Waals surface area contributed by atoms with Gasteiger partial charge in [-0.05, 0) is 19.2 Å². The van der Waals surface area contributed by atoms with Crippen LogP contribution in [0.25, 0.3) is 0 Å². The summed E-state index contributed by atoms with van der Waals surface area (Å²) in [6, 6.07) is 7.32. The monoisotopic (exact) mass is 206 g/mol. The van der Waals surface area contributed by atoms with Gasteiger partial charge in [0, 0.05) is 6.54 Å². The lowest BCUT2D eigenvalue weighted by Crippen LogP contribution is -2.16. The number of benzene rings is 1. The summed E-state index contributed by atoms with van der Waals surface area (Å²) < 4.78 is 10.6. The molecule has 0 saturated heterocycles. The Morgan fingerprint density at radius 1 is 1.47 bits per heavy atom. The normalized spacial score (nSPS) is 9.40. The Morgan fingerprint density at radius 2 is 2.27 bits per heavy atom. The van der Waals surface area contributed by atoms with Gasteiger partial charge in [-0.2, -0.15) is 5.26 Å². The number of ether oxygens (including phenoxy) is 2. The molecule has 4 heteroatoms. The molecule has 0 radical (unpaired) electrons. The molecule has 0 unspecified atom stereocenters. The van der Waals surface area contributed by atoms with Crippen molar-refractivity contribution in [2.75, 3.05) is 27.3 Å². The highest BCUT2D eigenvalue weighted by atomic mass is 16.5. The Kier molecular flexibility index (Phi) is 4.45. The van der Waals surface area contributed by atoms with Gasteiger partial charge >= 0.3 is 0 Å². The zero-order valence-corrected chi connectivity index (χ0v) is 8.91. The number of nitrogens with zero attached hydrogens (tertiary/aromatic N) is 1. The molecule has 0 spiro atoms. The van der Waals surface area contributed by atoms with E-state index < -0.39 is 0 Å². The van der Waals surface area contributed by atoms with Crippen molar-refractivity contribution in [3.8, 4) is 17.6 Å². The average Bonchev–Trinajstić information content (AvgIpc) is 2.29. The number of nitrogens with one attached hydrogen (secondary N) is 1. The second kappa shape index (κ2) is 5.89. The Hall–Kier alpha value is -1.73. The molecule has 4 nitrogen and oxygen atoms in total. The molecule has 0 saturated carbocycles. The largest absolute Gasteiger partial charge is 0.493 e. The summed E-state index contributed by atoms with van der Waals surface area (Å²) in [6.45, 7) is 1.23. The first-order chi connectivity index (χ1) is 7.33. The molecule has 1 N–H and O–H groups in total. The van der Waals surface area contributed by atoms with Crippen molar-refractivity contribution < 1.29 is 9.47 Å². The molecular weight excluding hydrogens is 192 g/mol. The molecule has 0 atom stereocenters. The van der Waals surface area contributed by atoms with Crippen molar-refractivity contribution in [2.45, 2.75) is 0 Å². The van der Waals surface area contributed by atoms with Crippen molar-refractivity contribution in [3.63, 3.8) is 0 Å². The molecule has 0 bridgehead atoms. The van der Waals surface area contributed by atoms with Crippen LogP contribution in [0.1, 0.15) is 5.56 Å². The number of para-hydroxylation sites is 1. The van der Waals surface area contributed by atoms with E-state index in [9.17, 15) is 0 Å². The zero-order valence-electron chi connectivity index (χ0n) is 8.91. The summed E-state index contributed by atoms with van der Waals surface area (Å²) >= 11 is 0. The number of rotatable bonds is 5. The summed E-state index contributed by atoms with van der Waals surface area (Å²) in [4.78, 5) is 0. The van der Waals surface area contributed by atoms with Crippen LogP contribution >= 0.6 is 0 Å². The molecule has 15 heavy (non-hydrogen) atoms.